The Morgan fingerprint density at radius 1 is 1.33 bits per heavy atom. The maximum atomic E-state index is 4.32. The molecule has 2 heterocycles. The van der Waals surface area contributed by atoms with Crippen LogP contribution < -0.4 is 0 Å². The zero-order chi connectivity index (χ0) is 10.7. The quantitative estimate of drug-likeness (QED) is 0.748. The fourth-order valence-corrected chi connectivity index (χ4v) is 1.54. The molecule has 0 unspecified atom stereocenters. The number of rotatable bonds is 4. The van der Waals surface area contributed by atoms with Crippen molar-refractivity contribution >= 4 is 0 Å². The summed E-state index contributed by atoms with van der Waals surface area (Å²) in [6.45, 7) is 2.90. The van der Waals surface area contributed by atoms with Crippen LogP contribution in [0.5, 0.6) is 0 Å². The molecule has 0 aliphatic heterocycles. The van der Waals surface area contributed by atoms with Crippen molar-refractivity contribution in [1.82, 2.24) is 24.3 Å². The van der Waals surface area contributed by atoms with Crippen LogP contribution in [0.1, 0.15) is 25.0 Å². The van der Waals surface area contributed by atoms with E-state index in [1.165, 1.54) is 0 Å². The van der Waals surface area contributed by atoms with E-state index in [9.17, 15) is 0 Å². The van der Waals surface area contributed by atoms with Gasteiger partial charge in [0.15, 0.2) is 5.82 Å². The van der Waals surface area contributed by atoms with Gasteiger partial charge in [-0.1, -0.05) is 6.92 Å². The summed E-state index contributed by atoms with van der Waals surface area (Å²) in [6.07, 6.45) is 7.65. The highest BCUT2D eigenvalue weighted by Gasteiger charge is 2.05. The largest absolute Gasteiger partial charge is 0.327 e. The van der Waals surface area contributed by atoms with Crippen molar-refractivity contribution < 1.29 is 0 Å². The molecule has 0 saturated heterocycles. The summed E-state index contributed by atoms with van der Waals surface area (Å²) in [5.74, 6) is 2.06. The molecule has 0 amide bonds. The van der Waals surface area contributed by atoms with E-state index >= 15 is 0 Å². The lowest BCUT2D eigenvalue weighted by atomic mass is 10.3. The van der Waals surface area contributed by atoms with Gasteiger partial charge in [-0.15, -0.1) is 10.2 Å². The summed E-state index contributed by atoms with van der Waals surface area (Å²) >= 11 is 0. The van der Waals surface area contributed by atoms with E-state index in [0.29, 0.717) is 0 Å². The molecule has 5 heteroatoms. The van der Waals surface area contributed by atoms with E-state index in [0.717, 1.165) is 31.0 Å². The van der Waals surface area contributed by atoms with Gasteiger partial charge in [-0.25, -0.2) is 4.98 Å². The van der Waals surface area contributed by atoms with E-state index in [-0.39, 0.29) is 0 Å². The molecule has 2 rings (SSSR count). The molecule has 2 aromatic heterocycles. The molecule has 0 atom stereocenters. The Labute approximate surface area is 88.8 Å². The molecule has 0 N–H and O–H groups in total. The van der Waals surface area contributed by atoms with Crippen LogP contribution in [0.4, 0.5) is 0 Å². The van der Waals surface area contributed by atoms with Gasteiger partial charge in [0.25, 0.3) is 0 Å². The summed E-state index contributed by atoms with van der Waals surface area (Å²) in [7, 11) is 1.95. The summed E-state index contributed by atoms with van der Waals surface area (Å²) < 4.78 is 4.04. The summed E-state index contributed by atoms with van der Waals surface area (Å²) in [5.41, 5.74) is 0. The maximum absolute atomic E-state index is 4.32. The van der Waals surface area contributed by atoms with Crippen molar-refractivity contribution in [3.63, 3.8) is 0 Å². The van der Waals surface area contributed by atoms with Gasteiger partial charge in [-0.2, -0.15) is 0 Å². The van der Waals surface area contributed by atoms with Gasteiger partial charge in [0.05, 0.1) is 6.54 Å². The highest BCUT2D eigenvalue weighted by Crippen LogP contribution is 2.04. The lowest BCUT2D eigenvalue weighted by molar-refractivity contribution is 0.653. The SMILES string of the molecule is CCCc1nccn1Cc1nncn1C. The lowest BCUT2D eigenvalue weighted by Gasteiger charge is -2.05. The van der Waals surface area contributed by atoms with Crippen molar-refractivity contribution in [3.05, 3.63) is 30.4 Å². The average molecular weight is 205 g/mol. The third-order valence-electron chi connectivity index (χ3n) is 2.39. The zero-order valence-corrected chi connectivity index (χ0v) is 9.09. The Morgan fingerprint density at radius 3 is 2.87 bits per heavy atom. The first-order valence-electron chi connectivity index (χ1n) is 5.14. The molecule has 0 fully saturated rings. The third kappa shape index (κ3) is 2.06. The molecule has 0 saturated carbocycles. The number of hydrogen-bond acceptors (Lipinski definition) is 3. The van der Waals surface area contributed by atoms with Gasteiger partial charge in [0.1, 0.15) is 12.2 Å². The minimum atomic E-state index is 0.742. The molecule has 0 bridgehead atoms. The molecule has 2 aromatic rings. The summed E-state index contributed by atoms with van der Waals surface area (Å²) in [5, 5.41) is 7.91. The van der Waals surface area contributed by atoms with E-state index in [1.807, 2.05) is 24.0 Å². The first-order chi connectivity index (χ1) is 7.31. The topological polar surface area (TPSA) is 48.5 Å². The first kappa shape index (κ1) is 9.89. The first-order valence-corrected chi connectivity index (χ1v) is 5.14. The molecule has 0 radical (unpaired) electrons. The third-order valence-corrected chi connectivity index (χ3v) is 2.39. The van der Waals surface area contributed by atoms with E-state index in [4.69, 9.17) is 0 Å². The van der Waals surface area contributed by atoms with Crippen LogP contribution in [0.15, 0.2) is 18.7 Å². The molecule has 5 nitrogen and oxygen atoms in total. The second-order valence-electron chi connectivity index (χ2n) is 3.58. The van der Waals surface area contributed by atoms with E-state index in [1.54, 1.807) is 6.33 Å². The van der Waals surface area contributed by atoms with Gasteiger partial charge in [0.2, 0.25) is 0 Å². The highest BCUT2D eigenvalue weighted by molar-refractivity contribution is 4.97. The predicted octanol–water partition coefficient (Wildman–Crippen LogP) is 1.01. The highest BCUT2D eigenvalue weighted by atomic mass is 15.3. The van der Waals surface area contributed by atoms with Crippen molar-refractivity contribution in [3.8, 4) is 0 Å². The standard InChI is InChI=1S/C10H15N5/c1-3-4-9-11-5-6-15(9)7-10-13-12-8-14(10)2/h5-6,8H,3-4,7H2,1-2H3. The number of hydrogen-bond donors (Lipinski definition) is 0. The molecule has 80 valence electrons. The van der Waals surface area contributed by atoms with Crippen LogP contribution in [-0.4, -0.2) is 24.3 Å². The van der Waals surface area contributed by atoms with Crippen molar-refractivity contribution in [2.75, 3.05) is 0 Å². The van der Waals surface area contributed by atoms with Gasteiger partial charge < -0.3 is 9.13 Å². The molecular weight excluding hydrogens is 190 g/mol. The fraction of sp³-hybridized carbons (Fsp3) is 0.500. The number of aromatic nitrogens is 5. The zero-order valence-electron chi connectivity index (χ0n) is 9.09. The molecule has 0 aliphatic rings. The lowest BCUT2D eigenvalue weighted by Crippen LogP contribution is -2.08. The van der Waals surface area contributed by atoms with Crippen LogP contribution in [0.2, 0.25) is 0 Å². The summed E-state index contributed by atoms with van der Waals surface area (Å²) in [6, 6.07) is 0. The number of imidazole rings is 1. The van der Waals surface area contributed by atoms with Crippen LogP contribution in [0.3, 0.4) is 0 Å². The van der Waals surface area contributed by atoms with Gasteiger partial charge >= 0.3 is 0 Å². The molecule has 0 aromatic carbocycles. The van der Waals surface area contributed by atoms with Crippen LogP contribution in [0, 0.1) is 0 Å². The van der Waals surface area contributed by atoms with Gasteiger partial charge in [-0.05, 0) is 6.42 Å². The molecule has 0 spiro atoms. The van der Waals surface area contributed by atoms with Crippen molar-refractivity contribution in [2.45, 2.75) is 26.3 Å². The van der Waals surface area contributed by atoms with Gasteiger partial charge in [-0.3, -0.25) is 0 Å². The fourth-order valence-electron chi connectivity index (χ4n) is 1.54. The number of aryl methyl sites for hydroxylation is 2. The second-order valence-corrected chi connectivity index (χ2v) is 3.58. The minimum Gasteiger partial charge on any atom is -0.327 e. The molecule has 0 aliphatic carbocycles. The molecule has 15 heavy (non-hydrogen) atoms. The van der Waals surface area contributed by atoms with Crippen molar-refractivity contribution in [1.29, 1.82) is 0 Å². The van der Waals surface area contributed by atoms with Crippen molar-refractivity contribution in [2.24, 2.45) is 7.05 Å². The van der Waals surface area contributed by atoms with Crippen LogP contribution in [0.25, 0.3) is 0 Å². The Kier molecular flexibility index (Phi) is 2.80. The second kappa shape index (κ2) is 4.25. The van der Waals surface area contributed by atoms with Gasteiger partial charge in [0, 0.05) is 25.9 Å². The minimum absolute atomic E-state index is 0.742. The molecular formula is C10H15N5. The van der Waals surface area contributed by atoms with E-state index in [2.05, 4.69) is 26.7 Å². The Hall–Kier alpha value is -1.65. The predicted molar refractivity (Wildman–Crippen MR) is 56.3 cm³/mol. The average Bonchev–Trinajstić information content (AvgIpc) is 2.80. The number of nitrogens with zero attached hydrogens (tertiary/aromatic N) is 5. The van der Waals surface area contributed by atoms with Crippen LogP contribution in [-0.2, 0) is 20.0 Å². The van der Waals surface area contributed by atoms with E-state index < -0.39 is 0 Å². The maximum Gasteiger partial charge on any atom is 0.152 e. The Balaban J connectivity index is 2.17. The normalized spacial score (nSPS) is 10.8. The Bertz CT molecular complexity index is 428. The summed E-state index contributed by atoms with van der Waals surface area (Å²) in [4.78, 5) is 4.32. The monoisotopic (exact) mass is 205 g/mol. The van der Waals surface area contributed by atoms with Crippen LogP contribution >= 0.6 is 0 Å². The Morgan fingerprint density at radius 2 is 2.20 bits per heavy atom. The smallest absolute Gasteiger partial charge is 0.152 e.